The van der Waals surface area contributed by atoms with E-state index in [1.165, 1.54) is 0 Å². The zero-order valence-corrected chi connectivity index (χ0v) is 13.9. The second kappa shape index (κ2) is 9.22. The van der Waals surface area contributed by atoms with Crippen molar-refractivity contribution in [3.63, 3.8) is 0 Å². The van der Waals surface area contributed by atoms with Gasteiger partial charge in [0.1, 0.15) is 0 Å². The van der Waals surface area contributed by atoms with Crippen LogP contribution in [-0.4, -0.2) is 34.7 Å². The van der Waals surface area contributed by atoms with E-state index in [0.717, 1.165) is 68.6 Å². The van der Waals surface area contributed by atoms with Crippen molar-refractivity contribution in [1.82, 2.24) is 10.3 Å². The third-order valence-corrected chi connectivity index (χ3v) is 5.05. The van der Waals surface area contributed by atoms with Gasteiger partial charge in [0.05, 0.1) is 23.2 Å². The van der Waals surface area contributed by atoms with Gasteiger partial charge in [-0.25, -0.2) is 4.98 Å². The van der Waals surface area contributed by atoms with Gasteiger partial charge in [-0.15, -0.1) is 11.3 Å². The van der Waals surface area contributed by atoms with Crippen molar-refractivity contribution in [3.05, 3.63) is 16.1 Å². The highest BCUT2D eigenvalue weighted by Gasteiger charge is 2.21. The van der Waals surface area contributed by atoms with Crippen molar-refractivity contribution < 1.29 is 9.90 Å². The average Bonchev–Trinajstić information content (AvgIpc) is 2.93. The summed E-state index contributed by atoms with van der Waals surface area (Å²) >= 11 is 1.64. The molecule has 1 heterocycles. The van der Waals surface area contributed by atoms with Gasteiger partial charge in [-0.2, -0.15) is 0 Å². The lowest BCUT2D eigenvalue weighted by Gasteiger charge is -2.26. The number of amides is 1. The van der Waals surface area contributed by atoms with Crippen LogP contribution in [0.4, 0.5) is 0 Å². The molecule has 0 unspecified atom stereocenters. The van der Waals surface area contributed by atoms with Crippen molar-refractivity contribution in [3.8, 4) is 0 Å². The number of thiazole rings is 1. The maximum atomic E-state index is 12.0. The van der Waals surface area contributed by atoms with Gasteiger partial charge < -0.3 is 16.2 Å². The standard InChI is InChI=1S/C16H27N3O2S/c17-9-3-1-2-4-16-19-13(11-22-16)10-15(21)18-12-5-7-14(20)8-6-12/h11-12,14,20H,1-10,17H2,(H,18,21). The predicted molar refractivity (Wildman–Crippen MR) is 88.8 cm³/mol. The summed E-state index contributed by atoms with van der Waals surface area (Å²) in [6.45, 7) is 0.751. The number of hydrogen-bond acceptors (Lipinski definition) is 5. The molecule has 124 valence electrons. The number of aliphatic hydroxyl groups excluding tert-OH is 1. The highest BCUT2D eigenvalue weighted by Crippen LogP contribution is 2.19. The molecule has 6 heteroatoms. The minimum absolute atomic E-state index is 0.0429. The van der Waals surface area contributed by atoms with E-state index in [-0.39, 0.29) is 18.1 Å². The highest BCUT2D eigenvalue weighted by atomic mass is 32.1. The predicted octanol–water partition coefficient (Wildman–Crippen LogP) is 1.78. The number of nitrogens with one attached hydrogen (secondary N) is 1. The lowest BCUT2D eigenvalue weighted by atomic mass is 9.93. The molecule has 1 aliphatic carbocycles. The molecule has 0 aliphatic heterocycles. The first-order valence-electron chi connectivity index (χ1n) is 8.28. The fourth-order valence-corrected chi connectivity index (χ4v) is 3.65. The number of nitrogens with two attached hydrogens (primary N) is 1. The second-order valence-corrected chi connectivity index (χ2v) is 7.02. The van der Waals surface area contributed by atoms with Crippen LogP contribution in [0.5, 0.6) is 0 Å². The quantitative estimate of drug-likeness (QED) is 0.636. The Morgan fingerprint density at radius 1 is 1.32 bits per heavy atom. The van der Waals surface area contributed by atoms with Crippen LogP contribution >= 0.6 is 11.3 Å². The summed E-state index contributed by atoms with van der Waals surface area (Å²) in [5.41, 5.74) is 6.35. The zero-order valence-electron chi connectivity index (χ0n) is 13.1. The molecule has 1 aromatic heterocycles. The summed E-state index contributed by atoms with van der Waals surface area (Å²) in [4.78, 5) is 16.6. The van der Waals surface area contributed by atoms with E-state index >= 15 is 0 Å². The van der Waals surface area contributed by atoms with Gasteiger partial charge in [-0.1, -0.05) is 6.42 Å². The van der Waals surface area contributed by atoms with Gasteiger partial charge in [0.2, 0.25) is 5.91 Å². The summed E-state index contributed by atoms with van der Waals surface area (Å²) < 4.78 is 0. The molecule has 0 aromatic carbocycles. The van der Waals surface area contributed by atoms with Crippen LogP contribution in [0.1, 0.15) is 55.6 Å². The number of aromatic nitrogens is 1. The third kappa shape index (κ3) is 6.02. The largest absolute Gasteiger partial charge is 0.393 e. The molecule has 0 spiro atoms. The molecule has 0 atom stereocenters. The maximum absolute atomic E-state index is 12.0. The molecule has 2 rings (SSSR count). The van der Waals surface area contributed by atoms with Crippen molar-refractivity contribution in [2.75, 3.05) is 6.54 Å². The van der Waals surface area contributed by atoms with Crippen LogP contribution in [0.2, 0.25) is 0 Å². The SMILES string of the molecule is NCCCCCc1nc(CC(=O)NC2CCC(O)CC2)cs1. The van der Waals surface area contributed by atoms with Crippen molar-refractivity contribution in [2.24, 2.45) is 5.73 Å². The highest BCUT2D eigenvalue weighted by molar-refractivity contribution is 7.09. The van der Waals surface area contributed by atoms with E-state index in [0.29, 0.717) is 6.42 Å². The van der Waals surface area contributed by atoms with Crippen LogP contribution in [0.3, 0.4) is 0 Å². The Morgan fingerprint density at radius 3 is 2.82 bits per heavy atom. The Balaban J connectivity index is 1.69. The van der Waals surface area contributed by atoms with Crippen LogP contribution in [0, 0.1) is 0 Å². The Hall–Kier alpha value is -0.980. The van der Waals surface area contributed by atoms with Crippen molar-refractivity contribution >= 4 is 17.2 Å². The number of carbonyl (C=O) groups excluding carboxylic acids is 1. The number of rotatable bonds is 8. The van der Waals surface area contributed by atoms with Crippen LogP contribution in [0.15, 0.2) is 5.38 Å². The maximum Gasteiger partial charge on any atom is 0.226 e. The Labute approximate surface area is 136 Å². The molecule has 22 heavy (non-hydrogen) atoms. The monoisotopic (exact) mass is 325 g/mol. The first kappa shape index (κ1) is 17.4. The topological polar surface area (TPSA) is 88.2 Å². The number of aliphatic hydroxyl groups is 1. The molecule has 1 amide bonds. The number of hydrogen-bond donors (Lipinski definition) is 3. The Morgan fingerprint density at radius 2 is 2.09 bits per heavy atom. The fourth-order valence-electron chi connectivity index (χ4n) is 2.81. The molecular formula is C16H27N3O2S. The Bertz CT molecular complexity index is 456. The summed E-state index contributed by atoms with van der Waals surface area (Å²) in [5.74, 6) is 0.0429. The third-order valence-electron chi connectivity index (χ3n) is 4.10. The number of carbonyl (C=O) groups is 1. The minimum atomic E-state index is -0.187. The van der Waals surface area contributed by atoms with Gasteiger partial charge in [0, 0.05) is 11.4 Å². The van der Waals surface area contributed by atoms with E-state index in [1.807, 2.05) is 5.38 Å². The summed E-state index contributed by atoms with van der Waals surface area (Å²) in [6.07, 6.45) is 7.78. The van der Waals surface area contributed by atoms with Crippen LogP contribution < -0.4 is 11.1 Å². The molecule has 0 bridgehead atoms. The molecular weight excluding hydrogens is 298 g/mol. The van der Waals surface area contributed by atoms with E-state index in [4.69, 9.17) is 5.73 Å². The molecule has 1 aromatic rings. The second-order valence-electron chi connectivity index (χ2n) is 6.08. The van der Waals surface area contributed by atoms with Crippen LogP contribution in [-0.2, 0) is 17.6 Å². The minimum Gasteiger partial charge on any atom is -0.393 e. The van der Waals surface area contributed by atoms with E-state index in [2.05, 4.69) is 10.3 Å². The average molecular weight is 325 g/mol. The van der Waals surface area contributed by atoms with Gasteiger partial charge in [-0.05, 0) is 51.5 Å². The number of unbranched alkanes of at least 4 members (excludes halogenated alkanes) is 2. The van der Waals surface area contributed by atoms with Crippen LogP contribution in [0.25, 0.3) is 0 Å². The Kier molecular flexibility index (Phi) is 7.29. The summed E-state index contributed by atoms with van der Waals surface area (Å²) in [7, 11) is 0. The number of nitrogens with zero attached hydrogens (tertiary/aromatic N) is 1. The van der Waals surface area contributed by atoms with Gasteiger partial charge in [-0.3, -0.25) is 4.79 Å². The normalized spacial score (nSPS) is 21.7. The molecule has 1 fully saturated rings. The molecule has 1 aliphatic rings. The molecule has 0 saturated heterocycles. The van der Waals surface area contributed by atoms with Crippen molar-refractivity contribution in [2.45, 2.75) is 69.9 Å². The van der Waals surface area contributed by atoms with E-state index in [9.17, 15) is 9.90 Å². The van der Waals surface area contributed by atoms with Crippen molar-refractivity contribution in [1.29, 1.82) is 0 Å². The molecule has 0 radical (unpaired) electrons. The lowest BCUT2D eigenvalue weighted by molar-refractivity contribution is -0.121. The van der Waals surface area contributed by atoms with E-state index < -0.39 is 0 Å². The van der Waals surface area contributed by atoms with Gasteiger partial charge >= 0.3 is 0 Å². The molecule has 4 N–H and O–H groups in total. The lowest BCUT2D eigenvalue weighted by Crippen LogP contribution is -2.39. The smallest absolute Gasteiger partial charge is 0.226 e. The van der Waals surface area contributed by atoms with E-state index in [1.54, 1.807) is 11.3 Å². The fraction of sp³-hybridized carbons (Fsp3) is 0.750. The first-order valence-corrected chi connectivity index (χ1v) is 9.16. The van der Waals surface area contributed by atoms with Gasteiger partial charge in [0.15, 0.2) is 0 Å². The summed E-state index contributed by atoms with van der Waals surface area (Å²) in [6, 6.07) is 0.213. The molecule has 1 saturated carbocycles. The zero-order chi connectivity index (χ0) is 15.8. The first-order chi connectivity index (χ1) is 10.7. The molecule has 5 nitrogen and oxygen atoms in total. The summed E-state index contributed by atoms with van der Waals surface area (Å²) in [5, 5.41) is 15.6. The van der Waals surface area contributed by atoms with Gasteiger partial charge in [0.25, 0.3) is 0 Å². The number of aryl methyl sites for hydroxylation is 1.